The van der Waals surface area contributed by atoms with Crippen molar-refractivity contribution in [3.63, 3.8) is 0 Å². The fraction of sp³-hybridized carbons (Fsp3) is 0.0667. The second kappa shape index (κ2) is 4.48. The summed E-state index contributed by atoms with van der Waals surface area (Å²) in [7, 11) is 0. The molecule has 0 radical (unpaired) electrons. The van der Waals surface area contributed by atoms with Crippen molar-refractivity contribution >= 4 is 22.6 Å². The van der Waals surface area contributed by atoms with Crippen LogP contribution in [0.1, 0.15) is 5.56 Å². The monoisotopic (exact) mass is 257 g/mol. The van der Waals surface area contributed by atoms with Crippen molar-refractivity contribution in [3.8, 4) is 11.3 Å². The van der Waals surface area contributed by atoms with E-state index in [1.807, 2.05) is 48.5 Å². The van der Waals surface area contributed by atoms with Crippen LogP contribution < -0.4 is 5.73 Å². The first-order valence-electron chi connectivity index (χ1n) is 5.75. The number of para-hydroxylation sites is 1. The Labute approximate surface area is 110 Å². The van der Waals surface area contributed by atoms with Crippen LogP contribution >= 0.6 is 11.6 Å². The lowest BCUT2D eigenvalue weighted by Crippen LogP contribution is -1.98. The maximum absolute atomic E-state index is 6.04. The van der Waals surface area contributed by atoms with Gasteiger partial charge in [0, 0.05) is 22.5 Å². The summed E-state index contributed by atoms with van der Waals surface area (Å²) in [5.74, 6) is 0.805. The number of rotatable bonds is 2. The first-order valence-corrected chi connectivity index (χ1v) is 6.13. The van der Waals surface area contributed by atoms with Crippen molar-refractivity contribution in [1.82, 2.24) is 0 Å². The zero-order valence-electron chi connectivity index (χ0n) is 9.69. The van der Waals surface area contributed by atoms with E-state index in [4.69, 9.17) is 21.8 Å². The van der Waals surface area contributed by atoms with Crippen molar-refractivity contribution in [2.45, 2.75) is 6.54 Å². The first-order chi connectivity index (χ1) is 8.78. The lowest BCUT2D eigenvalue weighted by atomic mass is 10.1. The van der Waals surface area contributed by atoms with E-state index in [0.29, 0.717) is 11.6 Å². The van der Waals surface area contributed by atoms with Crippen LogP contribution in [0.5, 0.6) is 0 Å². The van der Waals surface area contributed by atoms with Gasteiger partial charge >= 0.3 is 0 Å². The molecule has 1 heterocycles. The highest BCUT2D eigenvalue weighted by molar-refractivity contribution is 6.30. The summed E-state index contributed by atoms with van der Waals surface area (Å²) in [6, 6.07) is 15.6. The summed E-state index contributed by atoms with van der Waals surface area (Å²) in [6.07, 6.45) is 0. The lowest BCUT2D eigenvalue weighted by Gasteiger charge is -2.05. The number of fused-ring (bicyclic) bond motifs is 1. The summed E-state index contributed by atoms with van der Waals surface area (Å²) in [5.41, 5.74) is 8.60. The minimum Gasteiger partial charge on any atom is -0.456 e. The molecule has 0 saturated heterocycles. The fourth-order valence-corrected chi connectivity index (χ4v) is 2.24. The van der Waals surface area contributed by atoms with Gasteiger partial charge in [-0.15, -0.1) is 0 Å². The minimum absolute atomic E-state index is 0.462. The molecule has 0 unspecified atom stereocenters. The van der Waals surface area contributed by atoms with Gasteiger partial charge in [-0.25, -0.2) is 0 Å². The highest BCUT2D eigenvalue weighted by Gasteiger charge is 2.10. The number of nitrogens with two attached hydrogens (primary N) is 1. The summed E-state index contributed by atoms with van der Waals surface area (Å²) >= 11 is 6.04. The van der Waals surface area contributed by atoms with Crippen molar-refractivity contribution in [2.75, 3.05) is 0 Å². The predicted molar refractivity (Wildman–Crippen MR) is 74.6 cm³/mol. The number of halogens is 1. The predicted octanol–water partition coefficient (Wildman–Crippen LogP) is 4.21. The average molecular weight is 258 g/mol. The van der Waals surface area contributed by atoms with Crippen LogP contribution in [0.25, 0.3) is 22.3 Å². The van der Waals surface area contributed by atoms with E-state index in [2.05, 4.69) is 0 Å². The van der Waals surface area contributed by atoms with E-state index < -0.39 is 0 Å². The average Bonchev–Trinajstić information content (AvgIpc) is 2.82. The van der Waals surface area contributed by atoms with E-state index in [9.17, 15) is 0 Å². The Hall–Kier alpha value is -1.77. The second-order valence-corrected chi connectivity index (χ2v) is 4.59. The molecule has 0 fully saturated rings. The van der Waals surface area contributed by atoms with E-state index >= 15 is 0 Å². The Morgan fingerprint density at radius 2 is 1.89 bits per heavy atom. The molecule has 1 aromatic heterocycles. The Morgan fingerprint density at radius 3 is 2.67 bits per heavy atom. The molecule has 2 N–H and O–H groups in total. The zero-order valence-corrected chi connectivity index (χ0v) is 10.4. The van der Waals surface area contributed by atoms with Gasteiger partial charge in [0.1, 0.15) is 11.3 Å². The highest BCUT2D eigenvalue weighted by Crippen LogP contribution is 2.31. The minimum atomic E-state index is 0.462. The third-order valence-corrected chi connectivity index (χ3v) is 3.22. The van der Waals surface area contributed by atoms with E-state index in [1.54, 1.807) is 0 Å². The topological polar surface area (TPSA) is 39.2 Å². The molecule has 0 atom stereocenters. The SMILES string of the molecule is NCc1ccc(Cl)cc1-c1cc2ccccc2o1. The molecule has 2 nitrogen and oxygen atoms in total. The molecule has 0 aliphatic heterocycles. The van der Waals surface area contributed by atoms with E-state index in [-0.39, 0.29) is 0 Å². The van der Waals surface area contributed by atoms with Gasteiger partial charge in [0.15, 0.2) is 0 Å². The standard InChI is InChI=1S/C15H12ClNO/c16-12-6-5-11(9-17)13(8-12)15-7-10-3-1-2-4-14(10)18-15/h1-8H,9,17H2. The van der Waals surface area contributed by atoms with Gasteiger partial charge in [-0.2, -0.15) is 0 Å². The molecule has 18 heavy (non-hydrogen) atoms. The Bertz CT molecular complexity index is 670. The van der Waals surface area contributed by atoms with Gasteiger partial charge < -0.3 is 10.2 Å². The van der Waals surface area contributed by atoms with E-state index in [1.165, 1.54) is 0 Å². The molecule has 3 aromatic rings. The summed E-state index contributed by atoms with van der Waals surface area (Å²) < 4.78 is 5.84. The molecule has 3 rings (SSSR count). The number of furan rings is 1. The van der Waals surface area contributed by atoms with Crippen LogP contribution in [0.2, 0.25) is 5.02 Å². The fourth-order valence-electron chi connectivity index (χ4n) is 2.07. The summed E-state index contributed by atoms with van der Waals surface area (Å²) in [6.45, 7) is 0.462. The number of hydrogen-bond acceptors (Lipinski definition) is 2. The normalized spacial score (nSPS) is 11.0. The lowest BCUT2D eigenvalue weighted by molar-refractivity contribution is 0.630. The van der Waals surface area contributed by atoms with Crippen LogP contribution in [0, 0.1) is 0 Å². The van der Waals surface area contributed by atoms with Crippen molar-refractivity contribution < 1.29 is 4.42 Å². The van der Waals surface area contributed by atoms with Gasteiger partial charge in [0.05, 0.1) is 0 Å². The van der Waals surface area contributed by atoms with Gasteiger partial charge in [0.25, 0.3) is 0 Å². The van der Waals surface area contributed by atoms with Crippen LogP contribution in [0.3, 0.4) is 0 Å². The van der Waals surface area contributed by atoms with Crippen molar-refractivity contribution in [2.24, 2.45) is 5.73 Å². The smallest absolute Gasteiger partial charge is 0.135 e. The highest BCUT2D eigenvalue weighted by atomic mass is 35.5. The molecule has 0 spiro atoms. The Kier molecular flexibility index (Phi) is 2.82. The van der Waals surface area contributed by atoms with Crippen LogP contribution in [-0.4, -0.2) is 0 Å². The van der Waals surface area contributed by atoms with Crippen LogP contribution in [0.15, 0.2) is 52.9 Å². The van der Waals surface area contributed by atoms with Crippen LogP contribution in [-0.2, 0) is 6.54 Å². The van der Waals surface area contributed by atoms with Crippen molar-refractivity contribution in [1.29, 1.82) is 0 Å². The maximum Gasteiger partial charge on any atom is 0.135 e. The van der Waals surface area contributed by atoms with Gasteiger partial charge in [-0.05, 0) is 29.8 Å². The molecular formula is C15H12ClNO. The zero-order chi connectivity index (χ0) is 12.5. The third-order valence-electron chi connectivity index (χ3n) is 2.98. The molecule has 3 heteroatoms. The summed E-state index contributed by atoms with van der Waals surface area (Å²) in [5, 5.41) is 1.76. The Balaban J connectivity index is 2.22. The third kappa shape index (κ3) is 1.90. The summed E-state index contributed by atoms with van der Waals surface area (Å²) in [4.78, 5) is 0. The maximum atomic E-state index is 6.04. The molecule has 2 aromatic carbocycles. The molecule has 90 valence electrons. The van der Waals surface area contributed by atoms with Gasteiger partial charge in [-0.3, -0.25) is 0 Å². The van der Waals surface area contributed by atoms with Gasteiger partial charge in [0.2, 0.25) is 0 Å². The van der Waals surface area contributed by atoms with Crippen molar-refractivity contribution in [3.05, 3.63) is 59.1 Å². The first kappa shape index (κ1) is 11.3. The molecule has 0 saturated carbocycles. The Morgan fingerprint density at radius 1 is 1.06 bits per heavy atom. The largest absolute Gasteiger partial charge is 0.456 e. The van der Waals surface area contributed by atoms with Crippen LogP contribution in [0.4, 0.5) is 0 Å². The number of hydrogen-bond donors (Lipinski definition) is 1. The second-order valence-electron chi connectivity index (χ2n) is 4.15. The quantitative estimate of drug-likeness (QED) is 0.747. The van der Waals surface area contributed by atoms with E-state index in [0.717, 1.165) is 27.9 Å². The molecule has 0 amide bonds. The molecule has 0 bridgehead atoms. The number of benzene rings is 2. The molecular weight excluding hydrogens is 246 g/mol. The van der Waals surface area contributed by atoms with Gasteiger partial charge in [-0.1, -0.05) is 35.9 Å². The molecule has 0 aliphatic carbocycles. The molecule has 0 aliphatic rings.